The number of nitrogens with zero attached hydrogens (tertiary/aromatic N) is 2. The highest BCUT2D eigenvalue weighted by Crippen LogP contribution is 2.40. The Hall–Kier alpha value is -3.32. The molecule has 2 aromatic rings. The number of rotatable bonds is 5. The van der Waals surface area contributed by atoms with Gasteiger partial charge in [-0.15, -0.1) is 0 Å². The molecule has 0 aromatic heterocycles. The normalized spacial score (nSPS) is 18.1. The summed E-state index contributed by atoms with van der Waals surface area (Å²) in [5.74, 6) is -0.852. The fraction of sp³-hybridized carbons (Fsp3) is 0.321. The van der Waals surface area contributed by atoms with E-state index < -0.39 is 17.1 Å². The first-order valence-corrected chi connectivity index (χ1v) is 12.6. The van der Waals surface area contributed by atoms with Crippen LogP contribution in [0, 0.1) is 13.8 Å². The van der Waals surface area contributed by atoms with E-state index in [1.54, 1.807) is 6.08 Å². The number of nitrogens with one attached hydrogen (secondary N) is 1. The molecule has 35 heavy (non-hydrogen) atoms. The van der Waals surface area contributed by atoms with Crippen molar-refractivity contribution in [1.29, 1.82) is 0 Å². The second-order valence-electron chi connectivity index (χ2n) is 9.64. The predicted octanol–water partition coefficient (Wildman–Crippen LogP) is 6.00. The Kier molecular flexibility index (Phi) is 6.64. The van der Waals surface area contributed by atoms with E-state index in [1.807, 2.05) is 38.1 Å². The third-order valence-corrected chi connectivity index (χ3v) is 7.35. The molecule has 182 valence electrons. The second kappa shape index (κ2) is 9.38. The van der Waals surface area contributed by atoms with E-state index in [-0.39, 0.29) is 12.1 Å². The van der Waals surface area contributed by atoms with Crippen molar-refractivity contribution >= 4 is 51.8 Å². The van der Waals surface area contributed by atoms with Gasteiger partial charge in [0.2, 0.25) is 5.91 Å². The molecule has 1 N–H and O–H groups in total. The minimum absolute atomic E-state index is 0.0757. The molecule has 6 nitrogen and oxygen atoms in total. The molecule has 2 aromatic carbocycles. The van der Waals surface area contributed by atoms with Crippen LogP contribution in [0.4, 0.5) is 16.2 Å². The van der Waals surface area contributed by atoms with Crippen LogP contribution in [0.2, 0.25) is 0 Å². The highest BCUT2D eigenvalue weighted by molar-refractivity contribution is 8.18. The van der Waals surface area contributed by atoms with Gasteiger partial charge in [-0.3, -0.25) is 19.3 Å². The molecule has 1 fully saturated rings. The van der Waals surface area contributed by atoms with Gasteiger partial charge in [-0.1, -0.05) is 29.8 Å². The molecule has 2 aliphatic heterocycles. The Labute approximate surface area is 211 Å². The number of thioether (sulfide) groups is 1. The summed E-state index contributed by atoms with van der Waals surface area (Å²) in [4.78, 5) is 41.8. The Morgan fingerprint density at radius 3 is 2.51 bits per heavy atom. The molecule has 1 saturated heterocycles. The Morgan fingerprint density at radius 2 is 1.83 bits per heavy atom. The summed E-state index contributed by atoms with van der Waals surface area (Å²) < 4.78 is 0. The first-order valence-electron chi connectivity index (χ1n) is 11.7. The summed E-state index contributed by atoms with van der Waals surface area (Å²) in [6.45, 7) is 13.1. The summed E-state index contributed by atoms with van der Waals surface area (Å²) in [7, 11) is 0. The van der Waals surface area contributed by atoms with Crippen molar-refractivity contribution in [3.05, 3.63) is 69.6 Å². The van der Waals surface area contributed by atoms with Crippen molar-refractivity contribution in [2.24, 2.45) is 0 Å². The Balaban J connectivity index is 1.52. The number of aryl methyl sites for hydroxylation is 2. The molecule has 7 heteroatoms. The maximum atomic E-state index is 13.0. The van der Waals surface area contributed by atoms with Crippen LogP contribution in [0.3, 0.4) is 0 Å². The van der Waals surface area contributed by atoms with Gasteiger partial charge in [-0.2, -0.15) is 0 Å². The van der Waals surface area contributed by atoms with Crippen LogP contribution in [-0.2, 0) is 9.59 Å². The van der Waals surface area contributed by atoms with Crippen molar-refractivity contribution in [3.8, 4) is 0 Å². The zero-order valence-electron chi connectivity index (χ0n) is 21.1. The smallest absolute Gasteiger partial charge is 0.294 e. The first-order chi connectivity index (χ1) is 16.5. The minimum atomic E-state index is -0.447. The largest absolute Gasteiger partial charge is 0.363 e. The van der Waals surface area contributed by atoms with Gasteiger partial charge < -0.3 is 10.2 Å². The molecule has 0 saturated carbocycles. The summed E-state index contributed by atoms with van der Waals surface area (Å²) in [6.07, 6.45) is 3.99. The number of carbonyl (C=O) groups is 3. The fourth-order valence-electron chi connectivity index (χ4n) is 4.84. The van der Waals surface area contributed by atoms with Crippen molar-refractivity contribution in [1.82, 2.24) is 4.90 Å². The minimum Gasteiger partial charge on any atom is -0.363 e. The standard InChI is InChI=1S/C28H31N3O3S/c1-7-31-23-11-9-20(13-21(23)19(4)15-28(31,5)6)14-24-26(33)30(27(34)35-24)16-25(32)29-22-10-8-17(2)12-18(22)3/h8-15H,7,16H2,1-6H3,(H,29,32)/b24-14+. The van der Waals surface area contributed by atoms with Crippen LogP contribution in [0.5, 0.6) is 0 Å². The molecular weight excluding hydrogens is 458 g/mol. The Morgan fingerprint density at radius 1 is 1.09 bits per heavy atom. The maximum Gasteiger partial charge on any atom is 0.294 e. The monoisotopic (exact) mass is 489 g/mol. The third kappa shape index (κ3) is 4.91. The number of benzene rings is 2. The van der Waals surface area contributed by atoms with E-state index in [0.29, 0.717) is 10.6 Å². The van der Waals surface area contributed by atoms with Crippen molar-refractivity contribution < 1.29 is 14.4 Å². The topological polar surface area (TPSA) is 69.7 Å². The molecular formula is C28H31N3O3S. The maximum absolute atomic E-state index is 13.0. The molecule has 3 amide bonds. The summed E-state index contributed by atoms with van der Waals surface area (Å²) >= 11 is 0.867. The van der Waals surface area contributed by atoms with Gasteiger partial charge in [0.05, 0.1) is 10.4 Å². The zero-order chi connectivity index (χ0) is 25.5. The number of fused-ring (bicyclic) bond motifs is 1. The molecule has 0 unspecified atom stereocenters. The number of amides is 3. The highest BCUT2D eigenvalue weighted by atomic mass is 32.2. The number of hydrogen-bond donors (Lipinski definition) is 1. The van der Waals surface area contributed by atoms with E-state index in [0.717, 1.165) is 51.1 Å². The van der Waals surface area contributed by atoms with Gasteiger partial charge in [0.15, 0.2) is 0 Å². The molecule has 0 radical (unpaired) electrons. The van der Waals surface area contributed by atoms with Gasteiger partial charge in [-0.25, -0.2) is 0 Å². The lowest BCUT2D eigenvalue weighted by atomic mass is 9.88. The quantitative estimate of drug-likeness (QED) is 0.522. The van der Waals surface area contributed by atoms with Crippen molar-refractivity contribution in [2.75, 3.05) is 23.3 Å². The zero-order valence-corrected chi connectivity index (χ0v) is 21.9. The van der Waals surface area contributed by atoms with Crippen LogP contribution in [0.25, 0.3) is 11.6 Å². The number of likely N-dealkylation sites (N-methyl/N-ethyl adjacent to an activating group) is 1. The van der Waals surface area contributed by atoms with Crippen molar-refractivity contribution in [3.63, 3.8) is 0 Å². The van der Waals surface area contributed by atoms with Crippen LogP contribution < -0.4 is 10.2 Å². The Bertz CT molecular complexity index is 1290. The number of allylic oxidation sites excluding steroid dienone is 1. The van der Waals surface area contributed by atoms with Crippen molar-refractivity contribution in [2.45, 2.75) is 47.1 Å². The third-order valence-electron chi connectivity index (χ3n) is 6.45. The number of anilines is 2. The lowest BCUT2D eigenvalue weighted by Crippen LogP contribution is -2.44. The number of carbonyl (C=O) groups excluding carboxylic acids is 3. The summed E-state index contributed by atoms with van der Waals surface area (Å²) in [5, 5.41) is 2.36. The molecule has 4 rings (SSSR count). The molecule has 0 atom stereocenters. The molecule has 2 heterocycles. The second-order valence-corrected chi connectivity index (χ2v) is 10.6. The lowest BCUT2D eigenvalue weighted by molar-refractivity contribution is -0.127. The van der Waals surface area contributed by atoms with Gasteiger partial charge in [0.1, 0.15) is 6.54 Å². The van der Waals surface area contributed by atoms with Gasteiger partial charge in [-0.05, 0) is 94.3 Å². The molecule has 0 bridgehead atoms. The number of hydrogen-bond acceptors (Lipinski definition) is 5. The van der Waals surface area contributed by atoms with E-state index in [1.165, 1.54) is 5.57 Å². The highest BCUT2D eigenvalue weighted by Gasteiger charge is 2.36. The fourth-order valence-corrected chi connectivity index (χ4v) is 5.68. The summed E-state index contributed by atoms with van der Waals surface area (Å²) in [6, 6.07) is 11.8. The van der Waals surface area contributed by atoms with Crippen LogP contribution in [-0.4, -0.2) is 40.6 Å². The van der Waals surface area contributed by atoms with Gasteiger partial charge >= 0.3 is 0 Å². The van der Waals surface area contributed by atoms with E-state index in [2.05, 4.69) is 56.1 Å². The van der Waals surface area contributed by atoms with Gasteiger partial charge in [0, 0.05) is 23.5 Å². The van der Waals surface area contributed by atoms with Crippen LogP contribution in [0.15, 0.2) is 47.4 Å². The molecule has 2 aliphatic rings. The SMILES string of the molecule is CCN1c2ccc(/C=C3/SC(=O)N(CC(=O)Nc4ccc(C)cc4C)C3=O)cc2C(C)=CC1(C)C. The summed E-state index contributed by atoms with van der Waals surface area (Å²) in [5.41, 5.74) is 6.92. The lowest BCUT2D eigenvalue weighted by Gasteiger charge is -2.42. The number of imide groups is 1. The predicted molar refractivity (Wildman–Crippen MR) is 144 cm³/mol. The van der Waals surface area contributed by atoms with E-state index in [9.17, 15) is 14.4 Å². The van der Waals surface area contributed by atoms with Crippen LogP contribution >= 0.6 is 11.8 Å². The van der Waals surface area contributed by atoms with Gasteiger partial charge in [0.25, 0.3) is 11.1 Å². The first kappa shape index (κ1) is 24.8. The molecule has 0 spiro atoms. The van der Waals surface area contributed by atoms with Crippen LogP contribution in [0.1, 0.15) is 49.9 Å². The molecule has 0 aliphatic carbocycles. The van der Waals surface area contributed by atoms with E-state index >= 15 is 0 Å². The average Bonchev–Trinajstić information content (AvgIpc) is 3.03. The van der Waals surface area contributed by atoms with E-state index in [4.69, 9.17) is 0 Å². The average molecular weight is 490 g/mol.